The molecule has 0 fully saturated rings. The van der Waals surface area contributed by atoms with Crippen LogP contribution in [-0.2, 0) is 0 Å². The van der Waals surface area contributed by atoms with Crippen LogP contribution in [0.1, 0.15) is 21.6 Å². The number of benzene rings is 2. The first-order valence-electron chi connectivity index (χ1n) is 9.84. The fraction of sp³-hybridized carbons (Fsp3) is 0.0833. The van der Waals surface area contributed by atoms with Gasteiger partial charge in [-0.15, -0.1) is 0 Å². The first-order chi connectivity index (χ1) is 15.8. The van der Waals surface area contributed by atoms with E-state index >= 15 is 0 Å². The quantitative estimate of drug-likeness (QED) is 0.496. The molecule has 1 N–H and O–H groups in total. The summed E-state index contributed by atoms with van der Waals surface area (Å²) in [6.07, 6.45) is 1.59. The van der Waals surface area contributed by atoms with Gasteiger partial charge in [0.15, 0.2) is 0 Å². The summed E-state index contributed by atoms with van der Waals surface area (Å²) in [5, 5.41) is 15.8. The third kappa shape index (κ3) is 3.90. The summed E-state index contributed by atoms with van der Waals surface area (Å²) in [6.45, 7) is 1.72. The second-order valence-electron chi connectivity index (χ2n) is 7.16. The summed E-state index contributed by atoms with van der Waals surface area (Å²) in [7, 11) is 1.43. The van der Waals surface area contributed by atoms with Crippen molar-refractivity contribution in [1.29, 1.82) is 5.26 Å². The van der Waals surface area contributed by atoms with E-state index in [0.717, 1.165) is 6.07 Å². The predicted octanol–water partition coefficient (Wildman–Crippen LogP) is 4.02. The zero-order chi connectivity index (χ0) is 23.7. The number of hydrogen-bond donors (Lipinski definition) is 1. The van der Waals surface area contributed by atoms with Crippen LogP contribution in [-0.4, -0.2) is 27.3 Å². The molecule has 2 aromatic carbocycles. The van der Waals surface area contributed by atoms with Crippen molar-refractivity contribution in [2.45, 2.75) is 6.92 Å². The highest BCUT2D eigenvalue weighted by atomic mass is 35.5. The minimum atomic E-state index is -0.618. The summed E-state index contributed by atoms with van der Waals surface area (Å²) in [5.74, 6) is -1.18. The molecule has 33 heavy (non-hydrogen) atoms. The van der Waals surface area contributed by atoms with E-state index in [0.29, 0.717) is 33.9 Å². The molecular formula is C24H17ClFN5O2. The van der Waals surface area contributed by atoms with E-state index in [-0.39, 0.29) is 10.6 Å². The van der Waals surface area contributed by atoms with E-state index < -0.39 is 17.3 Å². The molecule has 2 heterocycles. The van der Waals surface area contributed by atoms with E-state index in [9.17, 15) is 14.0 Å². The monoisotopic (exact) mass is 461 g/mol. The van der Waals surface area contributed by atoms with Crippen LogP contribution in [0, 0.1) is 24.1 Å². The van der Waals surface area contributed by atoms with Gasteiger partial charge in [0, 0.05) is 18.3 Å². The summed E-state index contributed by atoms with van der Waals surface area (Å²) in [6, 6.07) is 16.1. The van der Waals surface area contributed by atoms with Crippen LogP contribution in [0.2, 0.25) is 5.02 Å². The number of nitrogens with one attached hydrogen (secondary N) is 1. The Labute approximate surface area is 193 Å². The minimum Gasteiger partial charge on any atom is -0.355 e. The second-order valence-corrected chi connectivity index (χ2v) is 7.57. The Morgan fingerprint density at radius 1 is 1.12 bits per heavy atom. The molecular weight excluding hydrogens is 445 g/mol. The number of aromatic nitrogens is 3. The van der Waals surface area contributed by atoms with Crippen LogP contribution in [0.4, 0.5) is 4.39 Å². The van der Waals surface area contributed by atoms with Crippen molar-refractivity contribution in [2.75, 3.05) is 7.05 Å². The van der Waals surface area contributed by atoms with Crippen molar-refractivity contribution >= 4 is 17.5 Å². The number of halogens is 2. The number of nitriles is 1. The zero-order valence-corrected chi connectivity index (χ0v) is 18.4. The van der Waals surface area contributed by atoms with E-state index in [2.05, 4.69) is 16.5 Å². The smallest absolute Gasteiger partial charge is 0.268 e. The van der Waals surface area contributed by atoms with Gasteiger partial charge in [0.1, 0.15) is 11.4 Å². The first kappa shape index (κ1) is 22.0. The zero-order valence-electron chi connectivity index (χ0n) is 17.6. The SMILES string of the molecule is CNC(=O)c1cc(-c2ccnn2-c2ccc(C#N)cc2)c(C)n(-c2ccc(F)c(Cl)c2)c1=O. The van der Waals surface area contributed by atoms with Gasteiger partial charge in [-0.1, -0.05) is 11.6 Å². The number of nitrogens with zero attached hydrogens (tertiary/aromatic N) is 4. The van der Waals surface area contributed by atoms with Gasteiger partial charge in [-0.3, -0.25) is 14.2 Å². The molecule has 0 aliphatic carbocycles. The topological polar surface area (TPSA) is 92.7 Å². The van der Waals surface area contributed by atoms with E-state index in [4.69, 9.17) is 16.9 Å². The largest absolute Gasteiger partial charge is 0.355 e. The molecule has 0 spiro atoms. The van der Waals surface area contributed by atoms with Crippen molar-refractivity contribution in [1.82, 2.24) is 19.7 Å². The molecule has 0 saturated heterocycles. The van der Waals surface area contributed by atoms with Gasteiger partial charge < -0.3 is 5.32 Å². The molecule has 0 saturated carbocycles. The highest BCUT2D eigenvalue weighted by Crippen LogP contribution is 2.28. The van der Waals surface area contributed by atoms with E-state index in [1.807, 2.05) is 0 Å². The van der Waals surface area contributed by atoms with Crippen LogP contribution in [0.3, 0.4) is 0 Å². The van der Waals surface area contributed by atoms with Gasteiger partial charge in [-0.05, 0) is 61.5 Å². The standard InChI is InChI=1S/C24H17ClFN5O2/c1-14-18(22-9-10-29-31(22)16-5-3-15(13-27)4-6-16)12-19(23(32)28-2)24(33)30(14)17-7-8-21(26)20(25)11-17/h3-12H,1-2H3,(H,28,32). The number of carbonyl (C=O) groups is 1. The Morgan fingerprint density at radius 2 is 1.82 bits per heavy atom. The summed E-state index contributed by atoms with van der Waals surface area (Å²) in [4.78, 5) is 25.8. The first-order valence-corrected chi connectivity index (χ1v) is 10.2. The lowest BCUT2D eigenvalue weighted by molar-refractivity contribution is 0.0961. The van der Waals surface area contributed by atoms with Gasteiger partial charge >= 0.3 is 0 Å². The third-order valence-corrected chi connectivity index (χ3v) is 5.53. The van der Waals surface area contributed by atoms with Gasteiger partial charge in [0.05, 0.1) is 39.9 Å². The third-order valence-electron chi connectivity index (χ3n) is 5.24. The lowest BCUT2D eigenvalue weighted by Crippen LogP contribution is -2.32. The van der Waals surface area contributed by atoms with Crippen molar-refractivity contribution in [2.24, 2.45) is 0 Å². The Kier molecular flexibility index (Phi) is 5.82. The maximum Gasteiger partial charge on any atom is 0.268 e. The fourth-order valence-electron chi connectivity index (χ4n) is 3.59. The Morgan fingerprint density at radius 3 is 2.45 bits per heavy atom. The van der Waals surface area contributed by atoms with Gasteiger partial charge in [-0.25, -0.2) is 9.07 Å². The lowest BCUT2D eigenvalue weighted by atomic mass is 10.1. The molecule has 0 unspecified atom stereocenters. The van der Waals surface area contributed by atoms with Crippen molar-refractivity contribution in [3.63, 3.8) is 0 Å². The Bertz CT molecular complexity index is 1480. The van der Waals surface area contributed by atoms with Crippen LogP contribution >= 0.6 is 11.6 Å². The van der Waals surface area contributed by atoms with Crippen molar-refractivity contribution in [3.05, 3.63) is 98.8 Å². The number of hydrogen-bond acceptors (Lipinski definition) is 4. The molecule has 0 atom stereocenters. The molecule has 0 aliphatic rings. The maximum absolute atomic E-state index is 13.8. The molecule has 0 aliphatic heterocycles. The molecule has 4 rings (SSSR count). The maximum atomic E-state index is 13.8. The molecule has 0 radical (unpaired) electrons. The summed E-state index contributed by atoms with van der Waals surface area (Å²) >= 11 is 5.96. The summed E-state index contributed by atoms with van der Waals surface area (Å²) in [5.41, 5.74) is 2.55. The average molecular weight is 462 g/mol. The normalized spacial score (nSPS) is 10.6. The lowest BCUT2D eigenvalue weighted by Gasteiger charge is -2.18. The number of rotatable bonds is 4. The fourth-order valence-corrected chi connectivity index (χ4v) is 3.76. The van der Waals surface area contributed by atoms with Crippen LogP contribution in [0.25, 0.3) is 22.6 Å². The minimum absolute atomic E-state index is 0.0916. The number of amides is 1. The van der Waals surface area contributed by atoms with Crippen molar-refractivity contribution < 1.29 is 9.18 Å². The van der Waals surface area contributed by atoms with Crippen LogP contribution in [0.5, 0.6) is 0 Å². The predicted molar refractivity (Wildman–Crippen MR) is 122 cm³/mol. The Balaban J connectivity index is 2.00. The van der Waals surface area contributed by atoms with E-state index in [1.54, 1.807) is 48.1 Å². The average Bonchev–Trinajstić information content (AvgIpc) is 3.30. The molecule has 2 aromatic heterocycles. The van der Waals surface area contributed by atoms with Gasteiger partial charge in [0.25, 0.3) is 11.5 Å². The Hall–Kier alpha value is -4.22. The molecule has 4 aromatic rings. The van der Waals surface area contributed by atoms with E-state index in [1.165, 1.54) is 29.8 Å². The summed E-state index contributed by atoms with van der Waals surface area (Å²) < 4.78 is 16.7. The number of carbonyl (C=O) groups excluding carboxylic acids is 1. The molecule has 7 nitrogen and oxygen atoms in total. The number of pyridine rings is 1. The van der Waals surface area contributed by atoms with Gasteiger partial charge in [0.2, 0.25) is 0 Å². The highest BCUT2D eigenvalue weighted by Gasteiger charge is 2.21. The van der Waals surface area contributed by atoms with Crippen molar-refractivity contribution in [3.8, 4) is 28.7 Å². The molecule has 9 heteroatoms. The second kappa shape index (κ2) is 8.73. The molecule has 164 valence electrons. The molecule has 0 bridgehead atoms. The highest BCUT2D eigenvalue weighted by molar-refractivity contribution is 6.30. The van der Waals surface area contributed by atoms with Crippen LogP contribution in [0.15, 0.2) is 65.6 Å². The molecule has 1 amide bonds. The van der Waals surface area contributed by atoms with Crippen LogP contribution < -0.4 is 10.9 Å². The van der Waals surface area contributed by atoms with Gasteiger partial charge in [-0.2, -0.15) is 10.4 Å².